The van der Waals surface area contributed by atoms with Crippen LogP contribution < -0.4 is 4.74 Å². The summed E-state index contributed by atoms with van der Waals surface area (Å²) in [7, 11) is 0. The number of furan rings is 1. The van der Waals surface area contributed by atoms with Crippen molar-refractivity contribution in [1.82, 2.24) is 9.27 Å². The number of aromatic nitrogens is 1. The Kier molecular flexibility index (Phi) is 7.67. The summed E-state index contributed by atoms with van der Waals surface area (Å²) in [5.74, 6) is 1.80. The first-order chi connectivity index (χ1) is 17.7. The van der Waals surface area contributed by atoms with Gasteiger partial charge in [-0.2, -0.15) is 4.37 Å². The molecule has 0 spiro atoms. The summed E-state index contributed by atoms with van der Waals surface area (Å²) in [6, 6.07) is 21.4. The largest absolute Gasteiger partial charge is 0.493 e. The van der Waals surface area contributed by atoms with Crippen molar-refractivity contribution in [3.05, 3.63) is 89.0 Å². The number of unbranched alkanes of at least 4 members (excludes halogenated alkanes) is 2. The van der Waals surface area contributed by atoms with E-state index in [0.29, 0.717) is 18.7 Å². The van der Waals surface area contributed by atoms with Gasteiger partial charge in [-0.15, -0.1) is 0 Å². The molecule has 0 radical (unpaired) electrons. The first kappa shape index (κ1) is 24.1. The summed E-state index contributed by atoms with van der Waals surface area (Å²) in [6.07, 6.45) is 7.69. The summed E-state index contributed by atoms with van der Waals surface area (Å²) in [5, 5.41) is 9.34. The smallest absolute Gasteiger partial charge is 0.254 e. The molecule has 6 nitrogen and oxygen atoms in total. The number of para-hydroxylation sites is 1. The highest BCUT2D eigenvalue weighted by atomic mass is 32.1. The van der Waals surface area contributed by atoms with Gasteiger partial charge < -0.3 is 19.2 Å². The third kappa shape index (κ3) is 6.15. The maximum Gasteiger partial charge on any atom is 0.254 e. The minimum Gasteiger partial charge on any atom is -0.493 e. The van der Waals surface area contributed by atoms with Crippen LogP contribution in [0.25, 0.3) is 11.3 Å². The molecule has 2 aromatic heterocycles. The molecule has 1 aliphatic carbocycles. The summed E-state index contributed by atoms with van der Waals surface area (Å²) in [6.45, 7) is 1.17. The Bertz CT molecular complexity index is 1260. The van der Waals surface area contributed by atoms with Crippen LogP contribution in [-0.4, -0.2) is 32.9 Å². The van der Waals surface area contributed by atoms with E-state index in [1.54, 1.807) is 12.3 Å². The molecular formula is C29H30N2O4S. The average molecular weight is 503 g/mol. The Morgan fingerprint density at radius 3 is 2.61 bits per heavy atom. The van der Waals surface area contributed by atoms with Gasteiger partial charge in [0, 0.05) is 40.2 Å². The Hall–Kier alpha value is -3.58. The molecule has 0 atom stereocenters. The van der Waals surface area contributed by atoms with Crippen molar-refractivity contribution in [3.63, 3.8) is 0 Å². The van der Waals surface area contributed by atoms with Crippen LogP contribution in [-0.2, 0) is 13.0 Å². The number of aryl methyl sites for hydroxylation is 1. The predicted octanol–water partition coefficient (Wildman–Crippen LogP) is 6.71. The van der Waals surface area contributed by atoms with Crippen LogP contribution in [0.1, 0.15) is 52.9 Å². The maximum absolute atomic E-state index is 13.4. The van der Waals surface area contributed by atoms with Crippen LogP contribution >= 0.6 is 11.5 Å². The van der Waals surface area contributed by atoms with Gasteiger partial charge >= 0.3 is 0 Å². The van der Waals surface area contributed by atoms with Crippen molar-refractivity contribution >= 4 is 17.4 Å². The van der Waals surface area contributed by atoms with Crippen LogP contribution in [0.5, 0.6) is 11.6 Å². The van der Waals surface area contributed by atoms with Crippen LogP contribution in [0.15, 0.2) is 77.4 Å². The number of amides is 1. The summed E-state index contributed by atoms with van der Waals surface area (Å²) >= 11 is 1.36. The molecule has 1 fully saturated rings. The fourth-order valence-corrected chi connectivity index (χ4v) is 4.93. The van der Waals surface area contributed by atoms with Gasteiger partial charge in [0.15, 0.2) is 0 Å². The minimum atomic E-state index is 0.0485. The van der Waals surface area contributed by atoms with Gasteiger partial charge in [-0.3, -0.25) is 4.79 Å². The van der Waals surface area contributed by atoms with Crippen molar-refractivity contribution in [2.75, 3.05) is 6.61 Å². The quantitative estimate of drug-likeness (QED) is 0.218. The predicted molar refractivity (Wildman–Crippen MR) is 140 cm³/mol. The van der Waals surface area contributed by atoms with Crippen LogP contribution in [0, 0.1) is 0 Å². The third-order valence-electron chi connectivity index (χ3n) is 6.37. The van der Waals surface area contributed by atoms with Crippen molar-refractivity contribution in [3.8, 4) is 23.0 Å². The number of ether oxygens (including phenoxy) is 1. The zero-order valence-corrected chi connectivity index (χ0v) is 21.0. The highest BCUT2D eigenvalue weighted by Gasteiger charge is 2.33. The Morgan fingerprint density at radius 1 is 1.06 bits per heavy atom. The van der Waals surface area contributed by atoms with Gasteiger partial charge in [-0.1, -0.05) is 30.3 Å². The van der Waals surface area contributed by atoms with Gasteiger partial charge in [-0.25, -0.2) is 0 Å². The lowest BCUT2D eigenvalue weighted by Crippen LogP contribution is -2.32. The molecule has 36 heavy (non-hydrogen) atoms. The van der Waals surface area contributed by atoms with Gasteiger partial charge in [0.05, 0.1) is 12.9 Å². The van der Waals surface area contributed by atoms with E-state index in [4.69, 9.17) is 9.15 Å². The van der Waals surface area contributed by atoms with E-state index in [9.17, 15) is 9.90 Å². The maximum atomic E-state index is 13.4. The first-order valence-corrected chi connectivity index (χ1v) is 13.2. The number of carbonyl (C=O) groups excluding carboxylic acids is 1. The van der Waals surface area contributed by atoms with Crippen molar-refractivity contribution in [1.29, 1.82) is 0 Å². The Labute approximate surface area is 215 Å². The molecule has 2 aromatic carbocycles. The molecular weight excluding hydrogens is 472 g/mol. The monoisotopic (exact) mass is 502 g/mol. The molecule has 7 heteroatoms. The van der Waals surface area contributed by atoms with E-state index in [1.165, 1.54) is 11.5 Å². The van der Waals surface area contributed by atoms with Crippen molar-refractivity contribution < 1.29 is 19.1 Å². The van der Waals surface area contributed by atoms with E-state index in [1.807, 2.05) is 65.6 Å². The van der Waals surface area contributed by atoms with Crippen LogP contribution in [0.3, 0.4) is 0 Å². The molecule has 1 aliphatic rings. The van der Waals surface area contributed by atoms with Gasteiger partial charge in [0.25, 0.3) is 5.91 Å². The van der Waals surface area contributed by atoms with E-state index in [0.717, 1.165) is 66.0 Å². The lowest BCUT2D eigenvalue weighted by molar-refractivity contribution is 0.0728. The summed E-state index contributed by atoms with van der Waals surface area (Å²) in [4.78, 5) is 16.5. The molecule has 0 aliphatic heterocycles. The molecule has 1 saturated carbocycles. The van der Waals surface area contributed by atoms with Crippen LogP contribution in [0.2, 0.25) is 0 Å². The molecule has 2 heterocycles. The zero-order valence-electron chi connectivity index (χ0n) is 20.1. The van der Waals surface area contributed by atoms with Gasteiger partial charge in [0.2, 0.25) is 5.88 Å². The molecule has 0 unspecified atom stereocenters. The number of aromatic hydroxyl groups is 1. The molecule has 1 N–H and O–H groups in total. The third-order valence-corrected chi connectivity index (χ3v) is 7.21. The topological polar surface area (TPSA) is 75.8 Å². The second kappa shape index (κ2) is 11.4. The highest BCUT2D eigenvalue weighted by Crippen LogP contribution is 2.32. The van der Waals surface area contributed by atoms with E-state index in [2.05, 4.69) is 4.37 Å². The average Bonchev–Trinajstić information content (AvgIpc) is 3.41. The molecule has 0 saturated heterocycles. The number of nitrogens with zero attached hydrogens (tertiary/aromatic N) is 2. The Balaban J connectivity index is 1.17. The Morgan fingerprint density at radius 2 is 1.89 bits per heavy atom. The van der Waals surface area contributed by atoms with Crippen LogP contribution in [0.4, 0.5) is 0 Å². The SMILES string of the molecule is O=C(c1ccc(-c2ccco2)cc1)N(Cc1ccccc1OCCCCCc1cc(O)ns1)C1CC1. The summed E-state index contributed by atoms with van der Waals surface area (Å²) < 4.78 is 15.5. The minimum absolute atomic E-state index is 0.0485. The molecule has 4 aromatic rings. The molecule has 0 bridgehead atoms. The number of rotatable bonds is 12. The molecule has 5 rings (SSSR count). The summed E-state index contributed by atoms with van der Waals surface area (Å²) in [5.41, 5.74) is 2.67. The number of benzene rings is 2. The highest BCUT2D eigenvalue weighted by molar-refractivity contribution is 7.05. The second-order valence-electron chi connectivity index (χ2n) is 9.14. The molecule has 1 amide bonds. The van der Waals surface area contributed by atoms with Gasteiger partial charge in [0.1, 0.15) is 11.5 Å². The van der Waals surface area contributed by atoms with Crippen molar-refractivity contribution in [2.45, 2.75) is 51.1 Å². The number of carbonyl (C=O) groups is 1. The van der Waals surface area contributed by atoms with Crippen molar-refractivity contribution in [2.24, 2.45) is 0 Å². The standard InChI is InChI=1S/C29H30N2O4S/c32-28-19-25(36-30-28)8-2-1-5-17-34-27-9-4-3-7-23(27)20-31(24-15-16-24)29(33)22-13-11-21(12-14-22)26-10-6-18-35-26/h3-4,6-7,9-14,18-19,24H,1-2,5,8,15-17,20H2,(H,30,32). The zero-order chi connectivity index (χ0) is 24.7. The lowest BCUT2D eigenvalue weighted by Gasteiger charge is -2.24. The second-order valence-corrected chi connectivity index (χ2v) is 10.0. The lowest BCUT2D eigenvalue weighted by atomic mass is 10.1. The first-order valence-electron chi connectivity index (χ1n) is 12.5. The fraction of sp³-hybridized carbons (Fsp3) is 0.310. The fourth-order valence-electron chi connectivity index (χ4n) is 4.28. The van der Waals surface area contributed by atoms with E-state index >= 15 is 0 Å². The van der Waals surface area contributed by atoms with E-state index < -0.39 is 0 Å². The van der Waals surface area contributed by atoms with Gasteiger partial charge in [-0.05, 0) is 80.4 Å². The van der Waals surface area contributed by atoms with E-state index in [-0.39, 0.29) is 17.8 Å². The number of hydrogen-bond donors (Lipinski definition) is 1. The molecule has 186 valence electrons. The normalized spacial score (nSPS) is 13.0. The number of hydrogen-bond acceptors (Lipinski definition) is 6.